The second kappa shape index (κ2) is 4.69. The fraction of sp³-hybridized carbons (Fsp3) is 0.583. The first-order chi connectivity index (χ1) is 8.13. The Hall–Kier alpha value is -1.65. The van der Waals surface area contributed by atoms with E-state index < -0.39 is 0 Å². The highest BCUT2D eigenvalue weighted by Gasteiger charge is 2.39. The van der Waals surface area contributed by atoms with Crippen molar-refractivity contribution in [3.05, 3.63) is 18.1 Å². The number of nitrogens with one attached hydrogen (secondary N) is 2. The standard InChI is InChI=1S/C12H18N4O/c1-3-6-14-10-8-13-7-9(15-10)11(17)16-12(2)4-5-12/h7-8H,3-6H2,1-2H3,(H,14,15)(H,16,17). The summed E-state index contributed by atoms with van der Waals surface area (Å²) in [6, 6.07) is 0. The second-order valence-corrected chi connectivity index (χ2v) is 4.73. The van der Waals surface area contributed by atoms with Crippen molar-refractivity contribution in [2.24, 2.45) is 0 Å². The van der Waals surface area contributed by atoms with Crippen LogP contribution in [0.2, 0.25) is 0 Å². The van der Waals surface area contributed by atoms with Crippen molar-refractivity contribution < 1.29 is 4.79 Å². The van der Waals surface area contributed by atoms with Crippen molar-refractivity contribution in [2.45, 2.75) is 38.6 Å². The Balaban J connectivity index is 2.01. The minimum Gasteiger partial charge on any atom is -0.369 e. The zero-order valence-corrected chi connectivity index (χ0v) is 10.3. The fourth-order valence-electron chi connectivity index (χ4n) is 1.46. The van der Waals surface area contributed by atoms with E-state index in [0.717, 1.165) is 25.8 Å². The van der Waals surface area contributed by atoms with E-state index in [4.69, 9.17) is 0 Å². The Morgan fingerprint density at radius 3 is 2.88 bits per heavy atom. The molecule has 17 heavy (non-hydrogen) atoms. The molecular formula is C12H18N4O. The van der Waals surface area contributed by atoms with Gasteiger partial charge in [0.2, 0.25) is 0 Å². The molecule has 5 heteroatoms. The lowest BCUT2D eigenvalue weighted by atomic mass is 10.3. The van der Waals surface area contributed by atoms with Crippen molar-refractivity contribution >= 4 is 11.7 Å². The van der Waals surface area contributed by atoms with Gasteiger partial charge in [0.05, 0.1) is 12.4 Å². The van der Waals surface area contributed by atoms with Gasteiger partial charge in [-0.15, -0.1) is 0 Å². The number of hydrogen-bond acceptors (Lipinski definition) is 4. The van der Waals surface area contributed by atoms with Gasteiger partial charge in [-0.1, -0.05) is 6.92 Å². The van der Waals surface area contributed by atoms with E-state index in [2.05, 4.69) is 27.5 Å². The van der Waals surface area contributed by atoms with E-state index in [1.54, 1.807) is 6.20 Å². The Morgan fingerprint density at radius 1 is 1.47 bits per heavy atom. The number of nitrogens with zero attached hydrogens (tertiary/aromatic N) is 2. The normalized spacial score (nSPS) is 16.4. The molecule has 1 heterocycles. The highest BCUT2D eigenvalue weighted by Crippen LogP contribution is 2.34. The van der Waals surface area contributed by atoms with Crippen LogP contribution in [0.25, 0.3) is 0 Å². The van der Waals surface area contributed by atoms with Crippen LogP contribution in [0.4, 0.5) is 5.82 Å². The van der Waals surface area contributed by atoms with E-state index in [1.807, 2.05) is 6.92 Å². The summed E-state index contributed by atoms with van der Waals surface area (Å²) in [4.78, 5) is 20.1. The van der Waals surface area contributed by atoms with Gasteiger partial charge in [-0.3, -0.25) is 9.78 Å². The summed E-state index contributed by atoms with van der Waals surface area (Å²) in [5, 5.41) is 6.08. The summed E-state index contributed by atoms with van der Waals surface area (Å²) in [5.41, 5.74) is 0.352. The SMILES string of the molecule is CCCNc1cncc(C(=O)NC2(C)CC2)n1. The van der Waals surface area contributed by atoms with Gasteiger partial charge in [0.1, 0.15) is 11.5 Å². The molecular weight excluding hydrogens is 216 g/mol. The van der Waals surface area contributed by atoms with E-state index in [9.17, 15) is 4.79 Å². The van der Waals surface area contributed by atoms with Crippen molar-refractivity contribution in [1.82, 2.24) is 15.3 Å². The van der Waals surface area contributed by atoms with E-state index in [-0.39, 0.29) is 11.4 Å². The topological polar surface area (TPSA) is 66.9 Å². The van der Waals surface area contributed by atoms with Crippen molar-refractivity contribution in [1.29, 1.82) is 0 Å². The summed E-state index contributed by atoms with van der Waals surface area (Å²) in [5.74, 6) is 0.512. The second-order valence-electron chi connectivity index (χ2n) is 4.73. The number of aromatic nitrogens is 2. The van der Waals surface area contributed by atoms with Crippen molar-refractivity contribution in [3.8, 4) is 0 Å². The molecule has 0 spiro atoms. The molecule has 1 amide bonds. The predicted octanol–water partition coefficient (Wildman–Crippen LogP) is 1.58. The molecule has 1 aliphatic rings. The highest BCUT2D eigenvalue weighted by molar-refractivity contribution is 5.93. The average molecular weight is 234 g/mol. The molecule has 1 aliphatic carbocycles. The summed E-state index contributed by atoms with van der Waals surface area (Å²) in [6.07, 6.45) is 6.22. The van der Waals surface area contributed by atoms with Crippen LogP contribution in [0.3, 0.4) is 0 Å². The zero-order valence-electron chi connectivity index (χ0n) is 10.3. The minimum absolute atomic E-state index is 0.0222. The van der Waals surface area contributed by atoms with Crippen LogP contribution in [0.15, 0.2) is 12.4 Å². The van der Waals surface area contributed by atoms with Crippen molar-refractivity contribution in [2.75, 3.05) is 11.9 Å². The van der Waals surface area contributed by atoms with Gasteiger partial charge < -0.3 is 10.6 Å². The lowest BCUT2D eigenvalue weighted by molar-refractivity contribution is 0.0930. The lowest BCUT2D eigenvalue weighted by Crippen LogP contribution is -2.34. The number of carbonyl (C=O) groups is 1. The van der Waals surface area contributed by atoms with Gasteiger partial charge in [-0.2, -0.15) is 0 Å². The first kappa shape index (κ1) is 11.8. The number of rotatable bonds is 5. The third-order valence-corrected chi connectivity index (χ3v) is 2.84. The summed E-state index contributed by atoms with van der Waals surface area (Å²) >= 11 is 0. The summed E-state index contributed by atoms with van der Waals surface area (Å²) in [7, 11) is 0. The zero-order chi connectivity index (χ0) is 12.3. The molecule has 2 rings (SSSR count). The van der Waals surface area contributed by atoms with Gasteiger partial charge in [-0.25, -0.2) is 4.98 Å². The van der Waals surface area contributed by atoms with Crippen LogP contribution in [0.5, 0.6) is 0 Å². The first-order valence-electron chi connectivity index (χ1n) is 6.01. The lowest BCUT2D eigenvalue weighted by Gasteiger charge is -2.11. The maximum atomic E-state index is 11.9. The molecule has 2 N–H and O–H groups in total. The first-order valence-corrected chi connectivity index (χ1v) is 6.01. The number of amides is 1. The Kier molecular flexibility index (Phi) is 3.26. The molecule has 1 aromatic rings. The molecule has 5 nitrogen and oxygen atoms in total. The molecule has 1 fully saturated rings. The highest BCUT2D eigenvalue weighted by atomic mass is 16.2. The van der Waals surface area contributed by atoms with Crippen LogP contribution < -0.4 is 10.6 Å². The largest absolute Gasteiger partial charge is 0.369 e. The number of anilines is 1. The third-order valence-electron chi connectivity index (χ3n) is 2.84. The predicted molar refractivity (Wildman–Crippen MR) is 65.9 cm³/mol. The van der Waals surface area contributed by atoms with Gasteiger partial charge in [0, 0.05) is 12.1 Å². The van der Waals surface area contributed by atoms with Crippen LogP contribution >= 0.6 is 0 Å². The van der Waals surface area contributed by atoms with E-state index >= 15 is 0 Å². The minimum atomic E-state index is -0.141. The summed E-state index contributed by atoms with van der Waals surface area (Å²) < 4.78 is 0. The quantitative estimate of drug-likeness (QED) is 0.811. The smallest absolute Gasteiger partial charge is 0.271 e. The molecule has 0 radical (unpaired) electrons. The van der Waals surface area contributed by atoms with Crippen LogP contribution in [-0.2, 0) is 0 Å². The molecule has 0 unspecified atom stereocenters. The Morgan fingerprint density at radius 2 is 2.24 bits per heavy atom. The number of hydrogen-bond donors (Lipinski definition) is 2. The van der Waals surface area contributed by atoms with E-state index in [0.29, 0.717) is 11.5 Å². The van der Waals surface area contributed by atoms with Crippen LogP contribution in [-0.4, -0.2) is 28.0 Å². The van der Waals surface area contributed by atoms with Crippen LogP contribution in [0, 0.1) is 0 Å². The molecule has 0 aromatic carbocycles. The molecule has 0 atom stereocenters. The Bertz CT molecular complexity index is 415. The maximum absolute atomic E-state index is 11.9. The van der Waals surface area contributed by atoms with Crippen molar-refractivity contribution in [3.63, 3.8) is 0 Å². The molecule has 1 saturated carbocycles. The monoisotopic (exact) mass is 234 g/mol. The average Bonchev–Trinajstić information content (AvgIpc) is 3.04. The fourth-order valence-corrected chi connectivity index (χ4v) is 1.46. The van der Waals surface area contributed by atoms with Crippen LogP contribution in [0.1, 0.15) is 43.6 Å². The van der Waals surface area contributed by atoms with Gasteiger partial charge in [-0.05, 0) is 26.2 Å². The molecule has 1 aromatic heterocycles. The Labute approximate surface area is 101 Å². The van der Waals surface area contributed by atoms with Gasteiger partial charge >= 0.3 is 0 Å². The number of carbonyl (C=O) groups excluding carboxylic acids is 1. The van der Waals surface area contributed by atoms with Gasteiger partial charge in [0.15, 0.2) is 0 Å². The molecule has 0 aliphatic heterocycles. The van der Waals surface area contributed by atoms with E-state index in [1.165, 1.54) is 6.20 Å². The maximum Gasteiger partial charge on any atom is 0.271 e. The molecule has 92 valence electrons. The third kappa shape index (κ3) is 3.15. The molecule has 0 saturated heterocycles. The van der Waals surface area contributed by atoms with Gasteiger partial charge in [0.25, 0.3) is 5.91 Å². The molecule has 0 bridgehead atoms. The summed E-state index contributed by atoms with van der Waals surface area (Å²) in [6.45, 7) is 4.94.